The van der Waals surface area contributed by atoms with E-state index < -0.39 is 46.0 Å². The highest BCUT2D eigenvalue weighted by atomic mass is 32.2. The maximum absolute atomic E-state index is 13.1. The minimum Gasteiger partial charge on any atom is -0.390 e. The van der Waals surface area contributed by atoms with Crippen LogP contribution in [0.2, 0.25) is 0 Å². The lowest BCUT2D eigenvalue weighted by atomic mass is 9.83. The molecule has 3 rings (SSSR count). The number of thiazole rings is 1. The molecule has 0 radical (unpaired) electrons. The molecule has 4 atom stereocenters. The van der Waals surface area contributed by atoms with Crippen LogP contribution in [0.3, 0.4) is 0 Å². The van der Waals surface area contributed by atoms with Gasteiger partial charge in [0, 0.05) is 19.0 Å². The topological polar surface area (TPSA) is 149 Å². The standard InChI is InChI=1S/C28H36N4O6S2/c1-18(2)23(27(36)29-16-20-13-9-6-10-14-20)25(34)24(33)21(15-19-11-7-5-8-12-19)30-26(35)22-17-39-28(31-22)32(3)40(4,37)38/h5-14,17-18,21,23-25,33-34H,15-16H2,1-4H3,(H,29,36)(H,30,35)/t21-,23+,24+,25+/m0/s1. The number of aliphatic hydroxyl groups is 2. The summed E-state index contributed by atoms with van der Waals surface area (Å²) in [4.78, 5) is 30.4. The first-order valence-corrected chi connectivity index (χ1v) is 15.5. The molecule has 1 heterocycles. The highest BCUT2D eigenvalue weighted by Gasteiger charge is 2.38. The molecule has 0 spiro atoms. The smallest absolute Gasteiger partial charge is 0.271 e. The van der Waals surface area contributed by atoms with Crippen LogP contribution < -0.4 is 14.9 Å². The summed E-state index contributed by atoms with van der Waals surface area (Å²) < 4.78 is 24.7. The summed E-state index contributed by atoms with van der Waals surface area (Å²) in [6, 6.07) is 17.5. The van der Waals surface area contributed by atoms with E-state index in [-0.39, 0.29) is 29.7 Å². The van der Waals surface area contributed by atoms with Crippen LogP contribution in [-0.4, -0.2) is 67.0 Å². The number of anilines is 1. The number of aromatic nitrogens is 1. The fraction of sp³-hybridized carbons (Fsp3) is 0.393. The molecule has 12 heteroatoms. The van der Waals surface area contributed by atoms with Crippen molar-refractivity contribution in [1.82, 2.24) is 15.6 Å². The molecular formula is C28H36N4O6S2. The van der Waals surface area contributed by atoms with Gasteiger partial charge in [-0.2, -0.15) is 0 Å². The zero-order valence-corrected chi connectivity index (χ0v) is 24.5. The number of rotatable bonds is 13. The second kappa shape index (κ2) is 13.8. The molecule has 1 aromatic heterocycles. The Labute approximate surface area is 239 Å². The highest BCUT2D eigenvalue weighted by molar-refractivity contribution is 7.92. The molecule has 10 nitrogen and oxygen atoms in total. The van der Waals surface area contributed by atoms with Crippen molar-refractivity contribution in [3.63, 3.8) is 0 Å². The van der Waals surface area contributed by atoms with E-state index in [0.29, 0.717) is 0 Å². The van der Waals surface area contributed by atoms with Crippen molar-refractivity contribution in [2.75, 3.05) is 17.6 Å². The van der Waals surface area contributed by atoms with Crippen molar-refractivity contribution in [1.29, 1.82) is 0 Å². The molecule has 0 saturated heterocycles. The first kappa shape index (κ1) is 31.2. The Balaban J connectivity index is 1.81. The summed E-state index contributed by atoms with van der Waals surface area (Å²) in [6.07, 6.45) is -1.80. The van der Waals surface area contributed by atoms with Crippen molar-refractivity contribution in [2.24, 2.45) is 11.8 Å². The zero-order chi connectivity index (χ0) is 29.4. The van der Waals surface area contributed by atoms with Gasteiger partial charge in [0.2, 0.25) is 15.9 Å². The lowest BCUT2D eigenvalue weighted by Crippen LogP contribution is -2.55. The summed E-state index contributed by atoms with van der Waals surface area (Å²) in [5.74, 6) is -2.33. The summed E-state index contributed by atoms with van der Waals surface area (Å²) in [6.45, 7) is 3.83. The van der Waals surface area contributed by atoms with Gasteiger partial charge in [0.25, 0.3) is 5.91 Å². The lowest BCUT2D eigenvalue weighted by molar-refractivity contribution is -0.135. The SMILES string of the molecule is CC(C)[C@@H](C(=O)NCc1ccccc1)[C@@H](O)[C@H](O)[C@H](Cc1ccccc1)NC(=O)c1csc(N(C)S(C)(=O)=O)n1. The van der Waals surface area contributed by atoms with Crippen LogP contribution in [0.5, 0.6) is 0 Å². The van der Waals surface area contributed by atoms with Gasteiger partial charge in [-0.1, -0.05) is 74.5 Å². The fourth-order valence-corrected chi connectivity index (χ4v) is 5.76. The highest BCUT2D eigenvalue weighted by Crippen LogP contribution is 2.24. The van der Waals surface area contributed by atoms with E-state index in [1.807, 2.05) is 60.7 Å². The molecule has 2 aromatic carbocycles. The van der Waals surface area contributed by atoms with Crippen LogP contribution in [0.1, 0.15) is 35.5 Å². The Morgan fingerprint density at radius 3 is 2.10 bits per heavy atom. The normalized spacial score (nSPS) is 14.7. The molecule has 0 aliphatic rings. The largest absolute Gasteiger partial charge is 0.390 e. The van der Waals surface area contributed by atoms with Gasteiger partial charge in [-0.3, -0.25) is 9.59 Å². The van der Waals surface area contributed by atoms with Gasteiger partial charge in [0.05, 0.1) is 24.3 Å². The number of carbonyl (C=O) groups excluding carboxylic acids is 2. The van der Waals surface area contributed by atoms with Gasteiger partial charge in [0.1, 0.15) is 11.8 Å². The van der Waals surface area contributed by atoms with E-state index in [2.05, 4.69) is 15.6 Å². The van der Waals surface area contributed by atoms with E-state index >= 15 is 0 Å². The number of aliphatic hydroxyl groups excluding tert-OH is 2. The zero-order valence-electron chi connectivity index (χ0n) is 22.9. The Bertz CT molecular complexity index is 1370. The summed E-state index contributed by atoms with van der Waals surface area (Å²) in [5, 5.41) is 29.7. The minimum absolute atomic E-state index is 0.0312. The van der Waals surface area contributed by atoms with E-state index in [0.717, 1.165) is 33.0 Å². The number of sulfonamides is 1. The maximum Gasteiger partial charge on any atom is 0.271 e. The molecule has 0 aliphatic carbocycles. The first-order valence-electron chi connectivity index (χ1n) is 12.8. The van der Waals surface area contributed by atoms with E-state index in [9.17, 15) is 28.2 Å². The van der Waals surface area contributed by atoms with Crippen LogP contribution >= 0.6 is 11.3 Å². The predicted molar refractivity (Wildman–Crippen MR) is 155 cm³/mol. The van der Waals surface area contributed by atoms with Gasteiger partial charge >= 0.3 is 0 Å². The Morgan fingerprint density at radius 1 is 0.975 bits per heavy atom. The molecule has 0 saturated carbocycles. The van der Waals surface area contributed by atoms with E-state index in [1.165, 1.54) is 12.4 Å². The van der Waals surface area contributed by atoms with Crippen LogP contribution in [0, 0.1) is 11.8 Å². The second-order valence-corrected chi connectivity index (χ2v) is 12.8. The summed E-state index contributed by atoms with van der Waals surface area (Å²) in [5.41, 5.74) is 1.66. The van der Waals surface area contributed by atoms with Gasteiger partial charge in [-0.05, 0) is 23.5 Å². The number of carbonyl (C=O) groups is 2. The minimum atomic E-state index is -3.57. The average Bonchev–Trinajstić information content (AvgIpc) is 3.41. The van der Waals surface area contributed by atoms with Crippen LogP contribution in [-0.2, 0) is 27.8 Å². The number of hydrogen-bond donors (Lipinski definition) is 4. The van der Waals surface area contributed by atoms with Crippen molar-refractivity contribution in [2.45, 2.75) is 45.1 Å². The molecule has 3 aromatic rings. The first-order chi connectivity index (χ1) is 18.9. The molecule has 2 amide bonds. The maximum atomic E-state index is 13.1. The van der Waals surface area contributed by atoms with Crippen LogP contribution in [0.25, 0.3) is 0 Å². The van der Waals surface area contributed by atoms with Crippen molar-refractivity contribution < 1.29 is 28.2 Å². The van der Waals surface area contributed by atoms with Gasteiger partial charge in [-0.25, -0.2) is 17.7 Å². The summed E-state index contributed by atoms with van der Waals surface area (Å²) >= 11 is 0.985. The summed E-state index contributed by atoms with van der Waals surface area (Å²) in [7, 11) is -2.23. The number of hydrogen-bond acceptors (Lipinski definition) is 8. The third-order valence-electron chi connectivity index (χ3n) is 6.57. The monoisotopic (exact) mass is 588 g/mol. The number of benzene rings is 2. The number of nitrogens with one attached hydrogen (secondary N) is 2. The molecule has 0 fully saturated rings. The molecule has 0 bridgehead atoms. The van der Waals surface area contributed by atoms with Crippen molar-refractivity contribution in [3.8, 4) is 0 Å². The third-order valence-corrected chi connectivity index (χ3v) is 8.77. The average molecular weight is 589 g/mol. The van der Waals surface area contributed by atoms with Crippen molar-refractivity contribution >= 4 is 38.3 Å². The number of nitrogens with zero attached hydrogens (tertiary/aromatic N) is 2. The van der Waals surface area contributed by atoms with Crippen LogP contribution in [0.4, 0.5) is 5.13 Å². The van der Waals surface area contributed by atoms with Gasteiger partial charge in [-0.15, -0.1) is 11.3 Å². The third kappa shape index (κ3) is 8.34. The Morgan fingerprint density at radius 2 is 1.55 bits per heavy atom. The van der Waals surface area contributed by atoms with E-state index in [1.54, 1.807) is 13.8 Å². The lowest BCUT2D eigenvalue weighted by Gasteiger charge is -2.33. The van der Waals surface area contributed by atoms with Gasteiger partial charge in [0.15, 0.2) is 5.13 Å². The van der Waals surface area contributed by atoms with Crippen LogP contribution in [0.15, 0.2) is 66.0 Å². The fourth-order valence-electron chi connectivity index (χ4n) is 4.23. The van der Waals surface area contributed by atoms with E-state index in [4.69, 9.17) is 0 Å². The number of amides is 2. The van der Waals surface area contributed by atoms with Crippen molar-refractivity contribution in [3.05, 3.63) is 82.9 Å². The molecule has 4 N–H and O–H groups in total. The molecule has 0 unspecified atom stereocenters. The van der Waals surface area contributed by atoms with Gasteiger partial charge < -0.3 is 20.8 Å². The Hall–Kier alpha value is -3.32. The Kier molecular flexibility index (Phi) is 10.8. The quantitative estimate of drug-likeness (QED) is 0.239. The predicted octanol–water partition coefficient (Wildman–Crippen LogP) is 2.19. The molecule has 40 heavy (non-hydrogen) atoms. The molecule has 0 aliphatic heterocycles. The molecule has 216 valence electrons. The second-order valence-electron chi connectivity index (χ2n) is 9.97. The molecular weight excluding hydrogens is 552 g/mol.